The number of hydrogen-bond acceptors (Lipinski definition) is 6. The highest BCUT2D eigenvalue weighted by molar-refractivity contribution is 9.10. The number of benzene rings is 3. The van der Waals surface area contributed by atoms with Gasteiger partial charge in [-0.2, -0.15) is 5.10 Å². The highest BCUT2D eigenvalue weighted by Gasteiger charge is 2.09. The van der Waals surface area contributed by atoms with Crippen LogP contribution in [0.4, 0.5) is 11.6 Å². The fourth-order valence-corrected chi connectivity index (χ4v) is 3.13. The summed E-state index contributed by atoms with van der Waals surface area (Å²) in [5.74, 6) is 0.345. The van der Waals surface area contributed by atoms with E-state index in [4.69, 9.17) is 0 Å². The average Bonchev–Trinajstić information content (AvgIpc) is 2.80. The lowest BCUT2D eigenvalue weighted by Gasteiger charge is -2.08. The maximum Gasteiger partial charge on any atom is 0.269 e. The Balaban J connectivity index is 1.63. The molecular weight excluding hydrogens is 458 g/mol. The summed E-state index contributed by atoms with van der Waals surface area (Å²) in [6, 6.07) is 25.7. The second-order valence-electron chi connectivity index (χ2n) is 6.55. The van der Waals surface area contributed by atoms with Crippen LogP contribution in [-0.2, 0) is 0 Å². The Hall–Kier alpha value is -3.91. The summed E-state index contributed by atoms with van der Waals surface area (Å²) in [6.07, 6.45) is 1.56. The molecule has 0 atom stereocenters. The van der Waals surface area contributed by atoms with E-state index in [0.29, 0.717) is 11.5 Å². The Labute approximate surface area is 186 Å². The number of hydrogen-bond donors (Lipinski definition) is 1. The third-order valence-electron chi connectivity index (χ3n) is 4.42. The first kappa shape index (κ1) is 20.4. The van der Waals surface area contributed by atoms with E-state index in [0.717, 1.165) is 27.0 Å². The Morgan fingerprint density at radius 1 is 0.871 bits per heavy atom. The van der Waals surface area contributed by atoms with Crippen LogP contribution in [-0.4, -0.2) is 21.1 Å². The van der Waals surface area contributed by atoms with E-state index in [2.05, 4.69) is 36.4 Å². The minimum atomic E-state index is -0.439. The van der Waals surface area contributed by atoms with Crippen molar-refractivity contribution in [2.75, 3.05) is 5.43 Å². The Bertz CT molecular complexity index is 1230. The van der Waals surface area contributed by atoms with Gasteiger partial charge in [-0.25, -0.2) is 15.4 Å². The number of nitro benzene ring substituents is 1. The Morgan fingerprint density at radius 2 is 1.48 bits per heavy atom. The van der Waals surface area contributed by atoms with E-state index in [1.54, 1.807) is 18.3 Å². The first-order chi connectivity index (χ1) is 15.1. The molecule has 152 valence electrons. The first-order valence-electron chi connectivity index (χ1n) is 9.32. The van der Waals surface area contributed by atoms with Crippen molar-refractivity contribution in [2.45, 2.75) is 0 Å². The van der Waals surface area contributed by atoms with Crippen molar-refractivity contribution >= 4 is 33.8 Å². The molecule has 4 aromatic rings. The Kier molecular flexibility index (Phi) is 6.09. The number of rotatable bonds is 6. The predicted molar refractivity (Wildman–Crippen MR) is 125 cm³/mol. The van der Waals surface area contributed by atoms with Gasteiger partial charge in [0.1, 0.15) is 0 Å². The van der Waals surface area contributed by atoms with Crippen LogP contribution in [0.5, 0.6) is 0 Å². The fourth-order valence-electron chi connectivity index (χ4n) is 2.87. The molecule has 0 saturated heterocycles. The number of non-ortho nitro benzene ring substituents is 1. The third-order valence-corrected chi connectivity index (χ3v) is 4.95. The minimum Gasteiger partial charge on any atom is -0.258 e. The summed E-state index contributed by atoms with van der Waals surface area (Å²) >= 11 is 3.45. The third kappa shape index (κ3) is 5.18. The lowest BCUT2D eigenvalue weighted by molar-refractivity contribution is -0.384. The van der Waals surface area contributed by atoms with Crippen LogP contribution in [0.3, 0.4) is 0 Å². The summed E-state index contributed by atoms with van der Waals surface area (Å²) in [7, 11) is 0. The number of aromatic nitrogens is 2. The van der Waals surface area contributed by atoms with Gasteiger partial charge in [0.2, 0.25) is 5.95 Å². The van der Waals surface area contributed by atoms with Crippen LogP contribution < -0.4 is 5.43 Å². The number of nitrogens with one attached hydrogen (secondary N) is 1. The SMILES string of the molecule is O=[N+]([O-])c1ccc(/C=N\Nc2nc(-c3ccccc3)cc(-c3ccc(Br)cc3)n2)cc1. The largest absolute Gasteiger partial charge is 0.269 e. The molecule has 1 N–H and O–H groups in total. The molecule has 8 heteroatoms. The first-order valence-corrected chi connectivity index (χ1v) is 10.1. The molecule has 31 heavy (non-hydrogen) atoms. The van der Waals surface area contributed by atoms with Gasteiger partial charge in [0.05, 0.1) is 22.5 Å². The molecule has 0 aliphatic heterocycles. The smallest absolute Gasteiger partial charge is 0.258 e. The van der Waals surface area contributed by atoms with Crippen molar-refractivity contribution in [3.8, 4) is 22.5 Å². The molecule has 0 radical (unpaired) electrons. The highest BCUT2D eigenvalue weighted by atomic mass is 79.9. The van der Waals surface area contributed by atoms with E-state index < -0.39 is 4.92 Å². The van der Waals surface area contributed by atoms with Crippen LogP contribution >= 0.6 is 15.9 Å². The van der Waals surface area contributed by atoms with Crippen molar-refractivity contribution in [1.29, 1.82) is 0 Å². The lowest BCUT2D eigenvalue weighted by atomic mass is 10.1. The number of hydrazone groups is 1. The van der Waals surface area contributed by atoms with E-state index in [1.807, 2.05) is 60.7 Å². The van der Waals surface area contributed by atoms with Gasteiger partial charge in [0.25, 0.3) is 5.69 Å². The summed E-state index contributed by atoms with van der Waals surface area (Å²) in [4.78, 5) is 19.5. The van der Waals surface area contributed by atoms with E-state index >= 15 is 0 Å². The number of nitro groups is 1. The zero-order chi connectivity index (χ0) is 21.6. The van der Waals surface area contributed by atoms with Crippen LogP contribution in [0, 0.1) is 10.1 Å². The second kappa shape index (κ2) is 9.27. The molecule has 0 amide bonds. The summed E-state index contributed by atoms with van der Waals surface area (Å²) in [6.45, 7) is 0. The maximum absolute atomic E-state index is 10.8. The molecular formula is C23H16BrN5O2. The van der Waals surface area contributed by atoms with Crippen LogP contribution in [0.25, 0.3) is 22.5 Å². The minimum absolute atomic E-state index is 0.0307. The average molecular weight is 474 g/mol. The molecule has 0 saturated carbocycles. The molecule has 7 nitrogen and oxygen atoms in total. The molecule has 0 aliphatic rings. The van der Waals surface area contributed by atoms with Crippen LogP contribution in [0.15, 0.2) is 94.5 Å². The monoisotopic (exact) mass is 473 g/mol. The fraction of sp³-hybridized carbons (Fsp3) is 0. The molecule has 0 aliphatic carbocycles. The molecule has 0 unspecified atom stereocenters. The summed E-state index contributed by atoms with van der Waals surface area (Å²) < 4.78 is 0.986. The molecule has 0 bridgehead atoms. The second-order valence-corrected chi connectivity index (χ2v) is 7.47. The van der Waals surface area contributed by atoms with Crippen molar-refractivity contribution in [1.82, 2.24) is 9.97 Å². The van der Waals surface area contributed by atoms with Crippen LogP contribution in [0.2, 0.25) is 0 Å². The van der Waals surface area contributed by atoms with Gasteiger partial charge in [-0.05, 0) is 35.9 Å². The van der Waals surface area contributed by atoms with Gasteiger partial charge in [-0.1, -0.05) is 58.4 Å². The summed E-state index contributed by atoms with van der Waals surface area (Å²) in [5, 5.41) is 15.0. The maximum atomic E-state index is 10.8. The van der Waals surface area contributed by atoms with Gasteiger partial charge in [-0.15, -0.1) is 0 Å². The number of nitrogens with zero attached hydrogens (tertiary/aromatic N) is 4. The normalized spacial score (nSPS) is 10.9. The van der Waals surface area contributed by atoms with Gasteiger partial charge >= 0.3 is 0 Å². The molecule has 4 rings (SSSR count). The van der Waals surface area contributed by atoms with Crippen LogP contribution in [0.1, 0.15) is 5.56 Å². The molecule has 0 spiro atoms. The topological polar surface area (TPSA) is 93.3 Å². The standard InChI is InChI=1S/C23H16BrN5O2/c24-19-10-8-18(9-11-19)22-14-21(17-4-2-1-3-5-17)26-23(27-22)28-25-15-16-6-12-20(13-7-16)29(30)31/h1-15H,(H,26,27,28)/b25-15-. The molecule has 3 aromatic carbocycles. The van der Waals surface area contributed by atoms with Gasteiger partial charge in [0.15, 0.2) is 0 Å². The van der Waals surface area contributed by atoms with E-state index in [1.165, 1.54) is 12.1 Å². The number of anilines is 1. The van der Waals surface area contributed by atoms with E-state index in [-0.39, 0.29) is 5.69 Å². The highest BCUT2D eigenvalue weighted by Crippen LogP contribution is 2.26. The molecule has 1 aromatic heterocycles. The van der Waals surface area contributed by atoms with Crippen molar-refractivity contribution < 1.29 is 4.92 Å². The van der Waals surface area contributed by atoms with Gasteiger partial charge in [0, 0.05) is 27.7 Å². The van der Waals surface area contributed by atoms with E-state index in [9.17, 15) is 10.1 Å². The predicted octanol–water partition coefficient (Wildman–Crippen LogP) is 5.93. The zero-order valence-electron chi connectivity index (χ0n) is 16.1. The number of halogens is 1. The zero-order valence-corrected chi connectivity index (χ0v) is 17.7. The van der Waals surface area contributed by atoms with Crippen molar-refractivity contribution in [2.24, 2.45) is 5.10 Å². The molecule has 1 heterocycles. The van der Waals surface area contributed by atoms with Crippen molar-refractivity contribution in [3.05, 3.63) is 105 Å². The quantitative estimate of drug-likeness (QED) is 0.213. The van der Waals surface area contributed by atoms with Crippen molar-refractivity contribution in [3.63, 3.8) is 0 Å². The molecule has 0 fully saturated rings. The summed E-state index contributed by atoms with van der Waals surface area (Å²) in [5.41, 5.74) is 7.05. The van der Waals surface area contributed by atoms with Gasteiger partial charge in [-0.3, -0.25) is 10.1 Å². The lowest BCUT2D eigenvalue weighted by Crippen LogP contribution is -2.00. The van der Waals surface area contributed by atoms with Gasteiger partial charge < -0.3 is 0 Å². The Morgan fingerprint density at radius 3 is 2.10 bits per heavy atom.